The predicted molar refractivity (Wildman–Crippen MR) is 59.3 cm³/mol. The second-order valence-electron chi connectivity index (χ2n) is 4.05. The van der Waals surface area contributed by atoms with Gasteiger partial charge in [-0.2, -0.15) is 5.26 Å². The van der Waals surface area contributed by atoms with E-state index in [1.54, 1.807) is 6.07 Å². The summed E-state index contributed by atoms with van der Waals surface area (Å²) >= 11 is 0. The fourth-order valence-electron chi connectivity index (χ4n) is 1.93. The highest BCUT2D eigenvalue weighted by molar-refractivity contribution is 5.46. The van der Waals surface area contributed by atoms with Gasteiger partial charge in [0.2, 0.25) is 0 Å². The van der Waals surface area contributed by atoms with E-state index in [2.05, 4.69) is 13.8 Å². The van der Waals surface area contributed by atoms with Crippen LogP contribution >= 0.6 is 0 Å². The summed E-state index contributed by atoms with van der Waals surface area (Å²) in [6.45, 7) is 7.96. The van der Waals surface area contributed by atoms with Crippen LogP contribution in [0.3, 0.4) is 0 Å². The first kappa shape index (κ1) is 11.7. The zero-order valence-corrected chi connectivity index (χ0v) is 9.69. The Kier molecular flexibility index (Phi) is 3.47. The smallest absolute Gasteiger partial charge is 0.144 e. The molecule has 0 fully saturated rings. The van der Waals surface area contributed by atoms with E-state index < -0.39 is 0 Å². The summed E-state index contributed by atoms with van der Waals surface area (Å²) in [5.41, 5.74) is 2.91. The summed E-state index contributed by atoms with van der Waals surface area (Å²) in [6.07, 6.45) is 0.632. The fourth-order valence-corrected chi connectivity index (χ4v) is 1.93. The van der Waals surface area contributed by atoms with Crippen molar-refractivity contribution in [3.05, 3.63) is 34.1 Å². The third kappa shape index (κ3) is 2.02. The Morgan fingerprint density at radius 3 is 2.47 bits per heavy atom. The van der Waals surface area contributed by atoms with E-state index in [0.717, 1.165) is 11.1 Å². The number of hydrogen-bond donors (Lipinski definition) is 0. The van der Waals surface area contributed by atoms with Gasteiger partial charge in [0.25, 0.3) is 0 Å². The Morgan fingerprint density at radius 2 is 2.07 bits per heavy atom. The Morgan fingerprint density at radius 1 is 1.47 bits per heavy atom. The molecule has 15 heavy (non-hydrogen) atoms. The lowest BCUT2D eigenvalue weighted by Gasteiger charge is -2.15. The second kappa shape index (κ2) is 4.44. The summed E-state index contributed by atoms with van der Waals surface area (Å²) in [4.78, 5) is 0. The third-order valence-corrected chi connectivity index (χ3v) is 2.78. The van der Waals surface area contributed by atoms with Crippen molar-refractivity contribution in [1.82, 2.24) is 0 Å². The molecule has 0 unspecified atom stereocenters. The van der Waals surface area contributed by atoms with Gasteiger partial charge in [0.1, 0.15) is 11.9 Å². The summed E-state index contributed by atoms with van der Waals surface area (Å²) < 4.78 is 13.8. The second-order valence-corrected chi connectivity index (χ2v) is 4.05. The Bertz CT molecular complexity index is 414. The minimum Gasteiger partial charge on any atom is -0.205 e. The first-order chi connectivity index (χ1) is 7.02. The molecule has 80 valence electrons. The number of nitrogens with zero attached hydrogens (tertiary/aromatic N) is 1. The van der Waals surface area contributed by atoms with Crippen molar-refractivity contribution in [2.45, 2.75) is 40.0 Å². The van der Waals surface area contributed by atoms with E-state index in [-0.39, 0.29) is 11.4 Å². The van der Waals surface area contributed by atoms with Crippen LogP contribution in [0.4, 0.5) is 4.39 Å². The van der Waals surface area contributed by atoms with Gasteiger partial charge in [-0.25, -0.2) is 4.39 Å². The molecule has 1 nitrogen and oxygen atoms in total. The topological polar surface area (TPSA) is 23.8 Å². The van der Waals surface area contributed by atoms with Crippen LogP contribution in [0.25, 0.3) is 0 Å². The minimum absolute atomic E-state index is 0.168. The largest absolute Gasteiger partial charge is 0.205 e. The first-order valence-corrected chi connectivity index (χ1v) is 5.24. The molecule has 0 amide bonds. The molecular weight excluding hydrogens is 189 g/mol. The monoisotopic (exact) mass is 205 g/mol. The molecule has 0 bridgehead atoms. The molecule has 2 heteroatoms. The standard InChI is InChI=1S/C13H16FN/c1-5-11-9(4)12(8(2)3)6-10(7-15)13(11)14/h6,8H,5H2,1-4H3. The molecule has 1 aromatic rings. The molecule has 0 aliphatic heterocycles. The SMILES string of the molecule is CCc1c(C)c(C(C)C)cc(C#N)c1F. The van der Waals surface area contributed by atoms with Gasteiger partial charge in [-0.1, -0.05) is 20.8 Å². The van der Waals surface area contributed by atoms with E-state index in [9.17, 15) is 4.39 Å². The van der Waals surface area contributed by atoms with Gasteiger partial charge in [0, 0.05) is 0 Å². The van der Waals surface area contributed by atoms with Crippen molar-refractivity contribution in [2.75, 3.05) is 0 Å². The maximum Gasteiger partial charge on any atom is 0.144 e. The number of rotatable bonds is 2. The first-order valence-electron chi connectivity index (χ1n) is 5.24. The molecule has 1 aromatic carbocycles. The maximum atomic E-state index is 13.8. The molecule has 0 spiro atoms. The maximum absolute atomic E-state index is 13.8. The van der Waals surface area contributed by atoms with Gasteiger partial charge in [0.15, 0.2) is 0 Å². The van der Waals surface area contributed by atoms with Crippen molar-refractivity contribution >= 4 is 0 Å². The van der Waals surface area contributed by atoms with Gasteiger partial charge < -0.3 is 0 Å². The Hall–Kier alpha value is -1.36. The predicted octanol–water partition coefficient (Wildman–Crippen LogP) is 3.69. The molecule has 0 saturated heterocycles. The van der Waals surface area contributed by atoms with Gasteiger partial charge in [0.05, 0.1) is 5.56 Å². The number of hydrogen-bond acceptors (Lipinski definition) is 1. The van der Waals surface area contributed by atoms with E-state index in [1.807, 2.05) is 19.9 Å². The van der Waals surface area contributed by atoms with Crippen molar-refractivity contribution in [3.63, 3.8) is 0 Å². The lowest BCUT2D eigenvalue weighted by atomic mass is 9.90. The average molecular weight is 205 g/mol. The van der Waals surface area contributed by atoms with Gasteiger partial charge in [-0.15, -0.1) is 0 Å². The molecule has 0 atom stereocenters. The number of nitriles is 1. The van der Waals surface area contributed by atoms with Crippen LogP contribution in [0, 0.1) is 24.1 Å². The van der Waals surface area contributed by atoms with Gasteiger partial charge >= 0.3 is 0 Å². The quantitative estimate of drug-likeness (QED) is 0.722. The van der Waals surface area contributed by atoms with Crippen LogP contribution in [0.1, 0.15) is 48.9 Å². The third-order valence-electron chi connectivity index (χ3n) is 2.78. The summed E-state index contributed by atoms with van der Waals surface area (Å²) in [6, 6.07) is 3.59. The summed E-state index contributed by atoms with van der Waals surface area (Å²) in [5, 5.41) is 8.85. The van der Waals surface area contributed by atoms with E-state index in [4.69, 9.17) is 5.26 Å². The Labute approximate surface area is 90.5 Å². The zero-order chi connectivity index (χ0) is 11.6. The summed E-state index contributed by atoms with van der Waals surface area (Å²) in [7, 11) is 0. The molecule has 0 N–H and O–H groups in total. The lowest BCUT2D eigenvalue weighted by molar-refractivity contribution is 0.604. The molecule has 0 saturated carbocycles. The molecule has 1 rings (SSSR count). The molecular formula is C13H16FN. The average Bonchev–Trinajstić information content (AvgIpc) is 2.18. The molecule has 0 heterocycles. The molecule has 0 aliphatic carbocycles. The van der Waals surface area contributed by atoms with Crippen LogP contribution < -0.4 is 0 Å². The molecule has 0 aliphatic rings. The highest BCUT2D eigenvalue weighted by Gasteiger charge is 2.15. The van der Waals surface area contributed by atoms with E-state index in [0.29, 0.717) is 17.9 Å². The molecule has 0 radical (unpaired) electrons. The number of halogens is 1. The van der Waals surface area contributed by atoms with Crippen molar-refractivity contribution < 1.29 is 4.39 Å². The van der Waals surface area contributed by atoms with Gasteiger partial charge in [-0.3, -0.25) is 0 Å². The van der Waals surface area contributed by atoms with Crippen LogP contribution in [0.15, 0.2) is 6.07 Å². The highest BCUT2D eigenvalue weighted by atomic mass is 19.1. The van der Waals surface area contributed by atoms with Crippen LogP contribution in [-0.2, 0) is 6.42 Å². The van der Waals surface area contributed by atoms with Crippen LogP contribution in [-0.4, -0.2) is 0 Å². The van der Waals surface area contributed by atoms with Crippen molar-refractivity contribution in [1.29, 1.82) is 5.26 Å². The highest BCUT2D eigenvalue weighted by Crippen LogP contribution is 2.27. The molecule has 0 aromatic heterocycles. The Balaban J connectivity index is 3.53. The van der Waals surface area contributed by atoms with Gasteiger partial charge in [-0.05, 0) is 42.0 Å². The van der Waals surface area contributed by atoms with Crippen LogP contribution in [0.5, 0.6) is 0 Å². The summed E-state index contributed by atoms with van der Waals surface area (Å²) in [5.74, 6) is -0.0232. The number of benzene rings is 1. The van der Waals surface area contributed by atoms with E-state index in [1.165, 1.54) is 0 Å². The van der Waals surface area contributed by atoms with E-state index >= 15 is 0 Å². The van der Waals surface area contributed by atoms with Crippen molar-refractivity contribution in [3.8, 4) is 6.07 Å². The normalized spacial score (nSPS) is 10.5. The zero-order valence-electron chi connectivity index (χ0n) is 9.69. The lowest BCUT2D eigenvalue weighted by Crippen LogP contribution is -2.03. The fraction of sp³-hybridized carbons (Fsp3) is 0.462. The van der Waals surface area contributed by atoms with Crippen LogP contribution in [0.2, 0.25) is 0 Å². The van der Waals surface area contributed by atoms with Crippen molar-refractivity contribution in [2.24, 2.45) is 0 Å². The minimum atomic E-state index is -0.345.